The van der Waals surface area contributed by atoms with E-state index in [0.29, 0.717) is 27.5 Å². The maximum atomic E-state index is 13.8. The molecule has 3 amide bonds. The molecule has 8 rings (SSSR count). The van der Waals surface area contributed by atoms with Gasteiger partial charge in [-0.25, -0.2) is 4.79 Å². The fraction of sp³-hybridized carbons (Fsp3) is 0.295. The second-order valence-corrected chi connectivity index (χ2v) is 16.3. The molecule has 3 aliphatic rings. The Kier molecular flexibility index (Phi) is 10.7. The van der Waals surface area contributed by atoms with Gasteiger partial charge in [0.2, 0.25) is 5.91 Å². The van der Waals surface area contributed by atoms with Gasteiger partial charge in [-0.1, -0.05) is 47.7 Å². The number of amides is 3. The normalized spacial score (nSPS) is 18.3. The summed E-state index contributed by atoms with van der Waals surface area (Å²) in [5.74, 6) is 5.84. The van der Waals surface area contributed by atoms with Gasteiger partial charge in [-0.15, -0.1) is 21.5 Å². The number of methoxy groups -OCH3 is 1. The first kappa shape index (κ1) is 38.8. The van der Waals surface area contributed by atoms with Crippen molar-refractivity contribution in [2.75, 3.05) is 19.0 Å². The predicted octanol–water partition coefficient (Wildman–Crippen LogP) is 7.16. The first-order valence-corrected chi connectivity index (χ1v) is 20.3. The lowest BCUT2D eigenvalue weighted by atomic mass is 9.90. The lowest BCUT2D eigenvalue weighted by molar-refractivity contribution is -0.122. The number of nitrogens with zero attached hydrogens (tertiary/aromatic N) is 5. The second kappa shape index (κ2) is 16.0. The largest absolute Gasteiger partial charge is 0.465 e. The Hall–Kier alpha value is -6.10. The van der Waals surface area contributed by atoms with Gasteiger partial charge in [0.25, 0.3) is 11.8 Å². The van der Waals surface area contributed by atoms with E-state index in [2.05, 4.69) is 46.5 Å². The third-order valence-corrected chi connectivity index (χ3v) is 12.4. The van der Waals surface area contributed by atoms with Crippen molar-refractivity contribution in [3.05, 3.63) is 127 Å². The van der Waals surface area contributed by atoms with Gasteiger partial charge in [0.15, 0.2) is 5.82 Å². The van der Waals surface area contributed by atoms with Crippen molar-refractivity contribution in [2.24, 2.45) is 4.99 Å². The van der Waals surface area contributed by atoms with Gasteiger partial charge in [0, 0.05) is 44.4 Å². The molecule has 1 aliphatic carbocycles. The number of aryl methyl sites for hydroxylation is 2. The Bertz CT molecular complexity index is 2540. The highest BCUT2D eigenvalue weighted by Crippen LogP contribution is 2.40. The van der Waals surface area contributed by atoms with E-state index in [4.69, 9.17) is 21.3 Å². The first-order valence-electron chi connectivity index (χ1n) is 19.1. The van der Waals surface area contributed by atoms with Gasteiger partial charge in [0.05, 0.1) is 42.5 Å². The smallest absolute Gasteiger partial charge is 0.339 e. The molecule has 1 fully saturated rings. The summed E-state index contributed by atoms with van der Waals surface area (Å²) < 4.78 is 7.04. The summed E-state index contributed by atoms with van der Waals surface area (Å²) in [6.45, 7) is 6.00. The molecule has 2 aliphatic heterocycles. The van der Waals surface area contributed by atoms with Crippen LogP contribution in [0.3, 0.4) is 0 Å². The van der Waals surface area contributed by atoms with Crippen molar-refractivity contribution in [3.8, 4) is 16.8 Å². The number of hydrogen-bond acceptors (Lipinski definition) is 10. The van der Waals surface area contributed by atoms with Crippen LogP contribution in [0.25, 0.3) is 5.00 Å². The maximum Gasteiger partial charge on any atom is 0.339 e. The lowest BCUT2D eigenvalue weighted by Crippen LogP contribution is -2.40. The van der Waals surface area contributed by atoms with Gasteiger partial charge in [-0.3, -0.25) is 28.8 Å². The van der Waals surface area contributed by atoms with Crippen LogP contribution in [0.15, 0.2) is 71.7 Å². The minimum atomic E-state index is -0.554. The van der Waals surface area contributed by atoms with E-state index in [1.54, 1.807) is 47.7 Å². The molecule has 2 aromatic heterocycles. The van der Waals surface area contributed by atoms with Crippen LogP contribution in [-0.4, -0.2) is 74.8 Å². The topological polar surface area (TPSA) is 148 Å². The van der Waals surface area contributed by atoms with E-state index < -0.39 is 23.8 Å². The van der Waals surface area contributed by atoms with E-state index in [9.17, 15) is 19.2 Å². The van der Waals surface area contributed by atoms with Gasteiger partial charge in [-0.05, 0) is 94.5 Å². The van der Waals surface area contributed by atoms with E-state index in [1.807, 2.05) is 41.8 Å². The highest BCUT2D eigenvalue weighted by Gasteiger charge is 2.35. The highest BCUT2D eigenvalue weighted by molar-refractivity contribution is 7.15. The number of thiophene rings is 1. The Morgan fingerprint density at radius 3 is 2.31 bits per heavy atom. The number of ether oxygens (including phenoxy) is 1. The van der Waals surface area contributed by atoms with Crippen LogP contribution in [0.2, 0.25) is 5.02 Å². The predicted molar refractivity (Wildman–Crippen MR) is 222 cm³/mol. The molecule has 12 nitrogen and oxygen atoms in total. The number of hydrogen-bond donors (Lipinski definition) is 2. The van der Waals surface area contributed by atoms with Crippen molar-refractivity contribution in [3.63, 3.8) is 0 Å². The number of carbonyl (C=O) groups excluding carboxylic acids is 4. The zero-order valence-corrected chi connectivity index (χ0v) is 34.0. The number of carbonyl (C=O) groups is 4. The molecule has 294 valence electrons. The minimum Gasteiger partial charge on any atom is -0.465 e. The Morgan fingerprint density at radius 2 is 1.62 bits per heavy atom. The number of anilines is 1. The summed E-state index contributed by atoms with van der Waals surface area (Å²) in [6.07, 6.45) is 3.26. The molecule has 0 bridgehead atoms. The number of imide groups is 1. The lowest BCUT2D eigenvalue weighted by Gasteiger charge is -2.30. The van der Waals surface area contributed by atoms with E-state index >= 15 is 0 Å². The Balaban J connectivity index is 0.927. The van der Waals surface area contributed by atoms with Crippen LogP contribution in [-0.2, 0) is 9.53 Å². The van der Waals surface area contributed by atoms with Crippen LogP contribution in [0.1, 0.15) is 108 Å². The quantitative estimate of drug-likeness (QED) is 0.0953. The van der Waals surface area contributed by atoms with E-state index in [-0.39, 0.29) is 36.5 Å². The molecule has 1 atom stereocenters. The first-order chi connectivity index (χ1) is 28.0. The van der Waals surface area contributed by atoms with Crippen molar-refractivity contribution in [2.45, 2.75) is 71.0 Å². The fourth-order valence-electron chi connectivity index (χ4n) is 7.83. The monoisotopic (exact) mass is 813 g/mol. The molecule has 0 radical (unpaired) electrons. The summed E-state index contributed by atoms with van der Waals surface area (Å²) in [4.78, 5) is 59.5. The Morgan fingerprint density at radius 1 is 0.931 bits per heavy atom. The average molecular weight is 814 g/mol. The number of halogens is 1. The van der Waals surface area contributed by atoms with Crippen LogP contribution < -0.4 is 10.6 Å². The van der Waals surface area contributed by atoms with Crippen LogP contribution in [0.4, 0.5) is 5.69 Å². The molecule has 14 heteroatoms. The van der Waals surface area contributed by atoms with Crippen molar-refractivity contribution in [1.29, 1.82) is 0 Å². The molecule has 2 N–H and O–H groups in total. The molecule has 1 saturated carbocycles. The van der Waals surface area contributed by atoms with Crippen molar-refractivity contribution in [1.82, 2.24) is 25.0 Å². The zero-order valence-electron chi connectivity index (χ0n) is 32.4. The molecule has 0 unspecified atom stereocenters. The average Bonchev–Trinajstić information content (AvgIpc) is 3.79. The number of rotatable bonds is 8. The zero-order chi connectivity index (χ0) is 40.7. The van der Waals surface area contributed by atoms with Gasteiger partial charge in [-0.2, -0.15) is 0 Å². The molecule has 0 saturated heterocycles. The summed E-state index contributed by atoms with van der Waals surface area (Å²) in [5, 5.41) is 17.4. The third-order valence-electron chi connectivity index (χ3n) is 11.0. The summed E-state index contributed by atoms with van der Waals surface area (Å²) in [5.41, 5.74) is 6.04. The summed E-state index contributed by atoms with van der Waals surface area (Å²) in [7, 11) is 1.30. The third kappa shape index (κ3) is 7.41. The molecule has 58 heavy (non-hydrogen) atoms. The van der Waals surface area contributed by atoms with Gasteiger partial charge < -0.3 is 15.4 Å². The molecule has 5 aromatic rings. The van der Waals surface area contributed by atoms with E-state index in [1.165, 1.54) is 12.0 Å². The van der Waals surface area contributed by atoms with Gasteiger partial charge >= 0.3 is 5.97 Å². The minimum absolute atomic E-state index is 0.00700. The maximum absolute atomic E-state index is 13.8. The number of aromatic nitrogens is 3. The SMILES string of the molecule is COC(=O)c1ccc(NC2CCC(NC(=O)C[C@@H]3N=C(c4ccc(Cl)cc4)c4c(sc(C)c4C)-n4c(C)nnc43)CC2)cc1C#CCN1C(=O)c2ccccc2C1=O. The van der Waals surface area contributed by atoms with Crippen LogP contribution in [0.5, 0.6) is 0 Å². The Labute approximate surface area is 344 Å². The second-order valence-electron chi connectivity index (χ2n) is 14.7. The standard InChI is InChI=1S/C44H40ClN7O5S/c1-24-25(2)58-43-38(24)39(27-11-13-29(45)14-12-27)48-36(40-50-49-26(3)52(40)43)23-37(53)47-31-17-15-30(16-18-31)46-32-19-20-33(44(56)57-4)28(22-32)8-7-21-51-41(54)34-9-5-6-10-35(34)42(51)55/h5-6,9-14,19-20,22,30-31,36,46H,15-18,21,23H2,1-4H3,(H,47,53)/t30?,31?,36-/m0/s1. The number of esters is 1. The molecular weight excluding hydrogens is 774 g/mol. The van der Waals surface area contributed by atoms with E-state index in [0.717, 1.165) is 69.5 Å². The number of nitrogens with one attached hydrogen (secondary N) is 2. The number of benzene rings is 3. The molecular formula is C44H40ClN7O5S. The molecule has 0 spiro atoms. The summed E-state index contributed by atoms with van der Waals surface area (Å²) >= 11 is 7.93. The molecule has 3 aromatic carbocycles. The fourth-order valence-corrected chi connectivity index (χ4v) is 9.17. The number of aliphatic imine (C=N–C) groups is 1. The molecule has 4 heterocycles. The van der Waals surface area contributed by atoms with Gasteiger partial charge in [0.1, 0.15) is 16.9 Å². The van der Waals surface area contributed by atoms with Crippen molar-refractivity contribution >= 4 is 58.0 Å². The van der Waals surface area contributed by atoms with Crippen molar-refractivity contribution < 1.29 is 23.9 Å². The van der Waals surface area contributed by atoms with Crippen LogP contribution >= 0.6 is 22.9 Å². The summed E-state index contributed by atoms with van der Waals surface area (Å²) in [6, 6.07) is 19.1. The number of fused-ring (bicyclic) bond motifs is 4. The van der Waals surface area contributed by atoms with Crippen LogP contribution in [0, 0.1) is 32.6 Å². The highest BCUT2D eigenvalue weighted by atomic mass is 35.5.